The van der Waals surface area contributed by atoms with Gasteiger partial charge in [-0.3, -0.25) is 4.79 Å². The molecule has 3 aliphatic heterocycles. The van der Waals surface area contributed by atoms with Crippen LogP contribution in [0.15, 0.2) is 34.9 Å². The Morgan fingerprint density at radius 1 is 0.983 bits per heavy atom. The van der Waals surface area contributed by atoms with Gasteiger partial charge < -0.3 is 54.7 Å². The number of aromatic carboxylic acids is 1. The molecule has 0 aromatic heterocycles. The van der Waals surface area contributed by atoms with Crippen LogP contribution in [0.1, 0.15) is 110 Å². The molecule has 5 aliphatic carbocycles. The Morgan fingerprint density at radius 2 is 1.75 bits per heavy atom. The number of hydrogen-bond donors (Lipinski definition) is 7. The number of rotatable bonds is 7. The topological polar surface area (TPSA) is 213 Å². The van der Waals surface area contributed by atoms with E-state index in [-0.39, 0.29) is 81.4 Å². The molecule has 4 saturated carbocycles. The fraction of sp³-hybridized carbons (Fsp3) is 0.660. The Balaban J connectivity index is 1.03. The first-order valence-corrected chi connectivity index (χ1v) is 22.0. The maximum absolute atomic E-state index is 12.6. The van der Waals surface area contributed by atoms with E-state index in [4.69, 9.17) is 18.9 Å². The summed E-state index contributed by atoms with van der Waals surface area (Å²) in [7, 11) is 0. The predicted octanol–water partition coefficient (Wildman–Crippen LogP) is 5.47. The Hall–Kier alpha value is -3.56. The predicted molar refractivity (Wildman–Crippen MR) is 216 cm³/mol. The van der Waals surface area contributed by atoms with Crippen LogP contribution in [0.2, 0.25) is 0 Å². The smallest absolute Gasteiger partial charge is 0.335 e. The van der Waals surface area contributed by atoms with Crippen molar-refractivity contribution in [3.63, 3.8) is 0 Å². The van der Waals surface area contributed by atoms with Crippen molar-refractivity contribution in [3.05, 3.63) is 51.6 Å². The zero-order valence-corrected chi connectivity index (χ0v) is 34.5. The van der Waals surface area contributed by atoms with E-state index >= 15 is 0 Å². The maximum atomic E-state index is 12.6. The van der Waals surface area contributed by atoms with Crippen LogP contribution in [0.5, 0.6) is 17.2 Å². The van der Waals surface area contributed by atoms with Crippen LogP contribution >= 0.6 is 0 Å². The lowest BCUT2D eigenvalue weighted by Crippen LogP contribution is -2.70. The average molecular weight is 831 g/mol. The standard InChI is InChI=1S/C47H58O13/c1-23-34(24(2)50)39(52)36-28(38(23)51)13-26(42(55)56)14-32(36)59-43-40(53)41(54)47(33(18-49)60-43)17-29-30-16-45(10-9-44(21-45)7-3-4-8-44)15-27-19-57-22-46(11-12-48,37(27)30)31-6-5-25(20-58-47)35(29)31/h6,13-14,27,29-30,33,37,40-41,43,48-49,51-54H,3-5,7-12,15-22H2,1-2H3,(H,55,56)/t27-,29-,30+,33-,37-,40-,41-,43-,45+,46+,47-/m1/s1. The third-order valence-corrected chi connectivity index (χ3v) is 17.0. The first kappa shape index (κ1) is 40.5. The van der Waals surface area contributed by atoms with Gasteiger partial charge in [-0.1, -0.05) is 18.9 Å². The van der Waals surface area contributed by atoms with E-state index in [0.29, 0.717) is 37.4 Å². The van der Waals surface area contributed by atoms with Gasteiger partial charge in [-0.25, -0.2) is 4.79 Å². The lowest BCUT2D eigenvalue weighted by Gasteiger charge is -2.64. The van der Waals surface area contributed by atoms with Crippen molar-refractivity contribution < 1.29 is 64.3 Å². The molecule has 0 amide bonds. The van der Waals surface area contributed by atoms with Gasteiger partial charge in [0.05, 0.1) is 36.3 Å². The third-order valence-electron chi connectivity index (χ3n) is 17.0. The highest BCUT2D eigenvalue weighted by atomic mass is 16.7. The second-order valence-corrected chi connectivity index (χ2v) is 20.0. The van der Waals surface area contributed by atoms with Crippen molar-refractivity contribution in [2.75, 3.05) is 33.0 Å². The third kappa shape index (κ3) is 5.68. The van der Waals surface area contributed by atoms with E-state index < -0.39 is 60.1 Å². The van der Waals surface area contributed by atoms with Gasteiger partial charge in [0.25, 0.3) is 0 Å². The van der Waals surface area contributed by atoms with Gasteiger partial charge >= 0.3 is 5.97 Å². The maximum Gasteiger partial charge on any atom is 0.335 e. The van der Waals surface area contributed by atoms with Crippen molar-refractivity contribution in [2.45, 2.75) is 121 Å². The number of fused-ring (bicyclic) bond motifs is 3. The second-order valence-electron chi connectivity index (χ2n) is 20.0. The molecule has 0 radical (unpaired) electrons. The van der Waals surface area contributed by atoms with E-state index in [9.17, 15) is 45.3 Å². The van der Waals surface area contributed by atoms with Crippen LogP contribution in [0.3, 0.4) is 0 Å². The van der Waals surface area contributed by atoms with E-state index in [1.54, 1.807) is 0 Å². The van der Waals surface area contributed by atoms with Gasteiger partial charge in [-0.05, 0) is 141 Å². The normalized spacial score (nSPS) is 38.9. The summed E-state index contributed by atoms with van der Waals surface area (Å²) < 4.78 is 26.0. The van der Waals surface area contributed by atoms with Crippen LogP contribution in [0, 0.1) is 46.8 Å². The number of aliphatic hydroxyl groups is 4. The first-order valence-electron chi connectivity index (χ1n) is 22.0. The number of carboxylic acids is 1. The molecule has 13 heteroatoms. The largest absolute Gasteiger partial charge is 0.507 e. The van der Waals surface area contributed by atoms with Gasteiger partial charge in [0, 0.05) is 29.6 Å². The molecule has 60 heavy (non-hydrogen) atoms. The summed E-state index contributed by atoms with van der Waals surface area (Å²) in [6, 6.07) is 2.25. The summed E-state index contributed by atoms with van der Waals surface area (Å²) in [6.07, 6.45) is 8.44. The molecule has 2 aromatic carbocycles. The number of hydrogen-bond acceptors (Lipinski definition) is 12. The molecule has 10 rings (SSSR count). The first-order chi connectivity index (χ1) is 28.7. The lowest BCUT2D eigenvalue weighted by molar-refractivity contribution is -0.326. The molecule has 3 spiro atoms. The number of aliphatic hydroxyl groups excluding tert-OH is 4. The monoisotopic (exact) mass is 830 g/mol. The van der Waals surface area contributed by atoms with Crippen LogP contribution in [-0.4, -0.2) is 111 Å². The number of phenols is 2. The highest BCUT2D eigenvalue weighted by Gasteiger charge is 2.68. The molecule has 0 unspecified atom stereocenters. The van der Waals surface area contributed by atoms with Crippen LogP contribution in [-0.2, 0) is 14.2 Å². The van der Waals surface area contributed by atoms with Gasteiger partial charge in [0.1, 0.15) is 41.2 Å². The molecule has 3 heterocycles. The van der Waals surface area contributed by atoms with Crippen LogP contribution in [0.4, 0.5) is 0 Å². The summed E-state index contributed by atoms with van der Waals surface area (Å²) in [5.74, 6) is -2.60. The van der Waals surface area contributed by atoms with Gasteiger partial charge in [0.15, 0.2) is 5.78 Å². The molecule has 6 fully saturated rings. The van der Waals surface area contributed by atoms with Crippen molar-refractivity contribution in [2.24, 2.45) is 39.9 Å². The molecular formula is C47H58O13. The number of carbonyl (C=O) groups excluding carboxylic acids is 1. The van der Waals surface area contributed by atoms with E-state index in [1.807, 2.05) is 0 Å². The van der Waals surface area contributed by atoms with E-state index in [0.717, 1.165) is 30.5 Å². The molecule has 324 valence electrons. The van der Waals surface area contributed by atoms with Crippen molar-refractivity contribution in [1.82, 2.24) is 0 Å². The number of carbonyl (C=O) groups is 2. The lowest BCUT2D eigenvalue weighted by atomic mass is 9.43. The molecule has 11 atom stereocenters. The van der Waals surface area contributed by atoms with E-state index in [1.165, 1.54) is 69.9 Å². The summed E-state index contributed by atoms with van der Waals surface area (Å²) in [5.41, 5.74) is 1.73. The van der Waals surface area contributed by atoms with Crippen molar-refractivity contribution in [3.8, 4) is 17.2 Å². The number of aromatic hydroxyl groups is 2. The summed E-state index contributed by atoms with van der Waals surface area (Å²) in [5, 5.41) is 78.6. The Bertz CT molecular complexity index is 2200. The number of benzene rings is 2. The number of ketones is 1. The fourth-order valence-corrected chi connectivity index (χ4v) is 14.8. The average Bonchev–Trinajstić information content (AvgIpc) is 3.93. The minimum absolute atomic E-state index is 0.0447. The molecule has 0 bridgehead atoms. The zero-order valence-electron chi connectivity index (χ0n) is 34.5. The molecule has 8 aliphatic rings. The second kappa shape index (κ2) is 14.2. The zero-order chi connectivity index (χ0) is 42.1. The summed E-state index contributed by atoms with van der Waals surface area (Å²) in [4.78, 5) is 24.9. The number of ether oxygens (including phenoxy) is 4. The molecule has 13 nitrogen and oxygen atoms in total. The Morgan fingerprint density at radius 3 is 2.47 bits per heavy atom. The number of Topliss-reactive ketones (excluding diaryl/α,β-unsaturated/α-hetero) is 1. The number of carboxylic acid groups (broad SMARTS) is 1. The van der Waals surface area contributed by atoms with Crippen molar-refractivity contribution >= 4 is 22.5 Å². The highest BCUT2D eigenvalue weighted by molar-refractivity contribution is 6.11. The highest BCUT2D eigenvalue weighted by Crippen LogP contribution is 2.72. The number of allylic oxidation sites excluding steroid dienone is 2. The Kier molecular flexibility index (Phi) is 9.61. The van der Waals surface area contributed by atoms with Crippen LogP contribution < -0.4 is 4.74 Å². The summed E-state index contributed by atoms with van der Waals surface area (Å²) >= 11 is 0. The molecule has 2 aromatic rings. The Labute approximate surface area is 349 Å². The van der Waals surface area contributed by atoms with Crippen molar-refractivity contribution in [1.29, 1.82) is 0 Å². The fourth-order valence-electron chi connectivity index (χ4n) is 14.8. The van der Waals surface area contributed by atoms with Gasteiger partial charge in [-0.2, -0.15) is 0 Å². The van der Waals surface area contributed by atoms with E-state index in [2.05, 4.69) is 6.08 Å². The van der Waals surface area contributed by atoms with Gasteiger partial charge in [-0.15, -0.1) is 0 Å². The van der Waals surface area contributed by atoms with Crippen LogP contribution in [0.25, 0.3) is 10.8 Å². The molecule has 7 N–H and O–H groups in total. The molecule has 2 saturated heterocycles. The minimum atomic E-state index is -1.78. The quantitative estimate of drug-likeness (QED) is 0.137. The molecular weight excluding hydrogens is 773 g/mol. The number of phenolic OH excluding ortho intramolecular Hbond substituents is 2. The van der Waals surface area contributed by atoms with Gasteiger partial charge in [0.2, 0.25) is 6.29 Å². The SMILES string of the molecule is CC(=O)c1c(C)c(O)c2cc(C(=O)O)cc(O[C@@H]3O[C@H](CO)[C@]4(C[C@H]5C6=C(CC=C6[C@]6(CCO)COC[C@H]7C[C@@]8(CCC9(CCCC9)C8)C[C@@H]5[C@@H]76)CO4)[C@H](O)[C@H]3O)c2c1O. The minimum Gasteiger partial charge on any atom is -0.507 e. The summed E-state index contributed by atoms with van der Waals surface area (Å²) in [6.45, 7) is 3.45.